The number of aliphatic hydroxyl groups excluding tert-OH is 3. The molecule has 1 aliphatic rings. The average Bonchev–Trinajstić information content (AvgIpc) is 2.32. The van der Waals surface area contributed by atoms with Crippen LogP contribution < -0.4 is 5.73 Å². The zero-order chi connectivity index (χ0) is 13.7. The Balaban J connectivity index is 2.27. The van der Waals surface area contributed by atoms with Gasteiger partial charge in [-0.15, -0.1) is 0 Å². The van der Waals surface area contributed by atoms with Gasteiger partial charge in [0.2, 0.25) is 5.91 Å². The molecule has 7 heteroatoms. The molecule has 0 bridgehead atoms. The van der Waals surface area contributed by atoms with Crippen LogP contribution in [0.1, 0.15) is 26.2 Å². The van der Waals surface area contributed by atoms with Crippen LogP contribution in [0, 0.1) is 0 Å². The summed E-state index contributed by atoms with van der Waals surface area (Å²) in [7, 11) is 0. The summed E-state index contributed by atoms with van der Waals surface area (Å²) in [6, 6.07) is 0. The maximum Gasteiger partial charge on any atom is 0.217 e. The van der Waals surface area contributed by atoms with Crippen LogP contribution in [0.2, 0.25) is 0 Å². The predicted octanol–water partition coefficient (Wildman–Crippen LogP) is -1.51. The number of amides is 1. The number of aliphatic hydroxyl groups is 3. The number of primary amides is 1. The van der Waals surface area contributed by atoms with Crippen LogP contribution in [-0.2, 0) is 14.3 Å². The Hall–Kier alpha value is -0.730. The Morgan fingerprint density at radius 3 is 2.50 bits per heavy atom. The van der Waals surface area contributed by atoms with Crippen molar-refractivity contribution >= 4 is 5.91 Å². The quantitative estimate of drug-likeness (QED) is 0.432. The Morgan fingerprint density at radius 2 is 1.89 bits per heavy atom. The fraction of sp³-hybridized carbons (Fsp3) is 0.909. The number of unbranched alkanes of at least 4 members (excludes halogenated alkanes) is 1. The number of nitrogens with two attached hydrogens (primary N) is 1. The van der Waals surface area contributed by atoms with E-state index in [2.05, 4.69) is 0 Å². The van der Waals surface area contributed by atoms with Crippen LogP contribution in [0.4, 0.5) is 0 Å². The summed E-state index contributed by atoms with van der Waals surface area (Å²) in [4.78, 5) is 10.5. The molecule has 1 rings (SSSR count). The predicted molar refractivity (Wildman–Crippen MR) is 61.4 cm³/mol. The number of ether oxygens (including phenoxy) is 2. The zero-order valence-corrected chi connectivity index (χ0v) is 10.4. The second-order valence-corrected chi connectivity index (χ2v) is 4.48. The number of hydrogen-bond donors (Lipinski definition) is 4. The minimum absolute atomic E-state index is 0.282. The van der Waals surface area contributed by atoms with Crippen molar-refractivity contribution in [2.45, 2.75) is 56.9 Å². The number of hydrogen-bond acceptors (Lipinski definition) is 6. The Labute approximate surface area is 105 Å². The maximum absolute atomic E-state index is 10.5. The maximum atomic E-state index is 10.5. The minimum atomic E-state index is -1.29. The van der Waals surface area contributed by atoms with Gasteiger partial charge < -0.3 is 30.5 Å². The van der Waals surface area contributed by atoms with Gasteiger partial charge in [0, 0.05) is 13.0 Å². The molecule has 7 nitrogen and oxygen atoms in total. The molecule has 5 N–H and O–H groups in total. The molecule has 0 saturated carbocycles. The van der Waals surface area contributed by atoms with Crippen LogP contribution in [0.3, 0.4) is 0 Å². The normalized spacial score (nSPS) is 36.6. The molecule has 1 fully saturated rings. The summed E-state index contributed by atoms with van der Waals surface area (Å²) in [6.45, 7) is 1.87. The van der Waals surface area contributed by atoms with Crippen molar-refractivity contribution in [3.63, 3.8) is 0 Å². The van der Waals surface area contributed by atoms with Crippen LogP contribution in [0.25, 0.3) is 0 Å². The molecule has 1 aliphatic heterocycles. The summed E-state index contributed by atoms with van der Waals surface area (Å²) in [5, 5.41) is 28.6. The molecule has 18 heavy (non-hydrogen) atoms. The lowest BCUT2D eigenvalue weighted by Gasteiger charge is -2.38. The third kappa shape index (κ3) is 4.18. The van der Waals surface area contributed by atoms with Crippen LogP contribution in [0.15, 0.2) is 0 Å². The first-order chi connectivity index (χ1) is 8.43. The van der Waals surface area contributed by atoms with Gasteiger partial charge in [0.05, 0.1) is 6.10 Å². The Morgan fingerprint density at radius 1 is 1.22 bits per heavy atom. The smallest absolute Gasteiger partial charge is 0.217 e. The summed E-state index contributed by atoms with van der Waals surface area (Å²) < 4.78 is 10.5. The third-order valence-electron chi connectivity index (χ3n) is 2.91. The van der Waals surface area contributed by atoms with E-state index in [-0.39, 0.29) is 18.9 Å². The summed E-state index contributed by atoms with van der Waals surface area (Å²) >= 11 is 0. The van der Waals surface area contributed by atoms with Crippen LogP contribution >= 0.6 is 0 Å². The van der Waals surface area contributed by atoms with Gasteiger partial charge in [-0.1, -0.05) is 0 Å². The van der Waals surface area contributed by atoms with Gasteiger partial charge in [-0.2, -0.15) is 0 Å². The number of carbonyl (C=O) groups excluding carboxylic acids is 1. The highest BCUT2D eigenvalue weighted by Gasteiger charge is 2.42. The molecule has 0 aromatic heterocycles. The van der Waals surface area contributed by atoms with E-state index in [1.165, 1.54) is 0 Å². The van der Waals surface area contributed by atoms with Crippen molar-refractivity contribution in [3.05, 3.63) is 0 Å². The van der Waals surface area contributed by atoms with Crippen LogP contribution in [-0.4, -0.2) is 58.5 Å². The average molecular weight is 263 g/mol. The topological polar surface area (TPSA) is 122 Å². The molecule has 0 aromatic rings. The number of rotatable bonds is 6. The highest BCUT2D eigenvalue weighted by molar-refractivity contribution is 5.73. The molecular weight excluding hydrogens is 242 g/mol. The fourth-order valence-electron chi connectivity index (χ4n) is 1.75. The zero-order valence-electron chi connectivity index (χ0n) is 10.4. The van der Waals surface area contributed by atoms with E-state index in [1.807, 2.05) is 0 Å². The van der Waals surface area contributed by atoms with E-state index in [9.17, 15) is 20.1 Å². The van der Waals surface area contributed by atoms with Gasteiger partial charge in [-0.25, -0.2) is 0 Å². The molecule has 0 radical (unpaired) electrons. The molecule has 5 atom stereocenters. The summed E-state index contributed by atoms with van der Waals surface area (Å²) in [6.07, 6.45) is -3.80. The van der Waals surface area contributed by atoms with Crippen LogP contribution in [0.5, 0.6) is 0 Å². The van der Waals surface area contributed by atoms with E-state index in [4.69, 9.17) is 15.2 Å². The summed E-state index contributed by atoms with van der Waals surface area (Å²) in [5.74, 6) is -0.365. The summed E-state index contributed by atoms with van der Waals surface area (Å²) in [5.41, 5.74) is 4.99. The van der Waals surface area contributed by atoms with Crippen molar-refractivity contribution in [2.24, 2.45) is 5.73 Å². The third-order valence-corrected chi connectivity index (χ3v) is 2.91. The highest BCUT2D eigenvalue weighted by atomic mass is 16.7. The molecule has 1 amide bonds. The SMILES string of the molecule is CC1OC(OCCCCC(N)=O)C(O)C(O)C1O. The van der Waals surface area contributed by atoms with Crippen molar-refractivity contribution in [1.82, 2.24) is 0 Å². The fourth-order valence-corrected chi connectivity index (χ4v) is 1.75. The monoisotopic (exact) mass is 263 g/mol. The molecule has 0 aromatic carbocycles. The van der Waals surface area contributed by atoms with Crippen molar-refractivity contribution in [3.8, 4) is 0 Å². The lowest BCUT2D eigenvalue weighted by atomic mass is 10.0. The van der Waals surface area contributed by atoms with E-state index in [0.29, 0.717) is 12.8 Å². The highest BCUT2D eigenvalue weighted by Crippen LogP contribution is 2.21. The molecular formula is C11H21NO6. The van der Waals surface area contributed by atoms with Crippen molar-refractivity contribution in [2.75, 3.05) is 6.61 Å². The van der Waals surface area contributed by atoms with E-state index in [1.54, 1.807) is 6.92 Å². The van der Waals surface area contributed by atoms with Gasteiger partial charge in [-0.05, 0) is 19.8 Å². The molecule has 0 aliphatic carbocycles. The first-order valence-corrected chi connectivity index (χ1v) is 6.03. The van der Waals surface area contributed by atoms with Gasteiger partial charge in [0.15, 0.2) is 6.29 Å². The van der Waals surface area contributed by atoms with E-state index in [0.717, 1.165) is 0 Å². The van der Waals surface area contributed by atoms with Gasteiger partial charge >= 0.3 is 0 Å². The molecule has 106 valence electrons. The van der Waals surface area contributed by atoms with E-state index >= 15 is 0 Å². The molecule has 1 saturated heterocycles. The minimum Gasteiger partial charge on any atom is -0.388 e. The standard InChI is InChI=1S/C11H21NO6/c1-6-8(14)9(15)10(16)11(18-6)17-5-3-2-4-7(12)13/h6,8-11,14-16H,2-5H2,1H3,(H2,12,13). The Kier molecular flexibility index (Phi) is 5.97. The second-order valence-electron chi connectivity index (χ2n) is 4.48. The lowest BCUT2D eigenvalue weighted by molar-refractivity contribution is -0.293. The number of carbonyl (C=O) groups is 1. The van der Waals surface area contributed by atoms with E-state index < -0.39 is 30.7 Å². The van der Waals surface area contributed by atoms with Gasteiger partial charge in [-0.3, -0.25) is 4.79 Å². The second kappa shape index (κ2) is 7.01. The van der Waals surface area contributed by atoms with Gasteiger partial charge in [0.1, 0.15) is 18.3 Å². The Bertz CT molecular complexity index is 274. The molecule has 5 unspecified atom stereocenters. The molecule has 1 heterocycles. The van der Waals surface area contributed by atoms with Gasteiger partial charge in [0.25, 0.3) is 0 Å². The van der Waals surface area contributed by atoms with Crippen molar-refractivity contribution in [1.29, 1.82) is 0 Å². The van der Waals surface area contributed by atoms with Crippen molar-refractivity contribution < 1.29 is 29.6 Å². The first-order valence-electron chi connectivity index (χ1n) is 6.03. The lowest BCUT2D eigenvalue weighted by Crippen LogP contribution is -2.57. The largest absolute Gasteiger partial charge is 0.388 e. The first kappa shape index (κ1) is 15.3. The molecule has 0 spiro atoms.